The molecule has 1 saturated heterocycles. The predicted molar refractivity (Wildman–Crippen MR) is 71.8 cm³/mol. The first-order chi connectivity index (χ1) is 8.96. The Kier molecular flexibility index (Phi) is 4.02. The van der Waals surface area contributed by atoms with Gasteiger partial charge in [0.05, 0.1) is 0 Å². The Balaban J connectivity index is 2.00. The normalized spacial score (nSPS) is 20.2. The quantitative estimate of drug-likeness (QED) is 0.781. The van der Waals surface area contributed by atoms with E-state index in [4.69, 9.17) is 4.74 Å². The molecule has 104 valence electrons. The summed E-state index contributed by atoms with van der Waals surface area (Å²) in [6, 6.07) is 1.92. The molecule has 5 heteroatoms. The third-order valence-electron chi connectivity index (χ3n) is 3.10. The molecule has 1 aliphatic heterocycles. The topological polar surface area (TPSA) is 55.3 Å². The van der Waals surface area contributed by atoms with Gasteiger partial charge in [0.25, 0.3) is 0 Å². The average molecular weight is 263 g/mol. The lowest BCUT2D eigenvalue weighted by atomic mass is 9.95. The maximum atomic E-state index is 12.1. The Morgan fingerprint density at radius 1 is 1.47 bits per heavy atom. The van der Waals surface area contributed by atoms with E-state index in [0.717, 1.165) is 25.1 Å². The van der Waals surface area contributed by atoms with Crippen LogP contribution in [0.15, 0.2) is 18.6 Å². The molecule has 1 fully saturated rings. The molecule has 2 heterocycles. The van der Waals surface area contributed by atoms with E-state index in [9.17, 15) is 4.79 Å². The molecule has 19 heavy (non-hydrogen) atoms. The van der Waals surface area contributed by atoms with E-state index in [1.54, 1.807) is 17.4 Å². The number of rotatable bonds is 1. The van der Waals surface area contributed by atoms with Crippen LogP contribution < -0.4 is 0 Å². The Hall–Kier alpha value is -1.65. The van der Waals surface area contributed by atoms with Crippen LogP contribution in [0.4, 0.5) is 4.79 Å². The van der Waals surface area contributed by atoms with Gasteiger partial charge in [0.2, 0.25) is 0 Å². The third-order valence-corrected chi connectivity index (χ3v) is 3.10. The maximum absolute atomic E-state index is 12.1. The van der Waals surface area contributed by atoms with Crippen molar-refractivity contribution in [3.05, 3.63) is 24.3 Å². The van der Waals surface area contributed by atoms with Crippen LogP contribution in [0, 0.1) is 0 Å². The number of nitrogens with zero attached hydrogens (tertiary/aromatic N) is 3. The number of likely N-dealkylation sites (tertiary alicyclic amines) is 1. The molecule has 1 aromatic heterocycles. The second kappa shape index (κ2) is 5.55. The van der Waals surface area contributed by atoms with Crippen molar-refractivity contribution < 1.29 is 9.53 Å². The van der Waals surface area contributed by atoms with Gasteiger partial charge in [0.1, 0.15) is 11.9 Å². The zero-order chi connectivity index (χ0) is 13.9. The van der Waals surface area contributed by atoms with Gasteiger partial charge in [-0.15, -0.1) is 0 Å². The Morgan fingerprint density at radius 2 is 2.26 bits per heavy atom. The van der Waals surface area contributed by atoms with E-state index in [2.05, 4.69) is 9.97 Å². The highest BCUT2D eigenvalue weighted by Gasteiger charge is 2.28. The second-order valence-corrected chi connectivity index (χ2v) is 5.90. The number of hydrogen-bond acceptors (Lipinski definition) is 4. The van der Waals surface area contributed by atoms with E-state index in [0.29, 0.717) is 6.54 Å². The molecule has 0 spiro atoms. The van der Waals surface area contributed by atoms with Crippen molar-refractivity contribution in [1.29, 1.82) is 0 Å². The standard InChI is InChI=1S/C14H21N3O2/c1-14(2,3)19-13(18)17-8-4-5-11(9-17)12-6-7-15-10-16-12/h6-7,10-11H,4-5,8-9H2,1-3H3/t11-/m0/s1. The van der Waals surface area contributed by atoms with Crippen LogP contribution in [0.2, 0.25) is 0 Å². The van der Waals surface area contributed by atoms with Gasteiger partial charge >= 0.3 is 6.09 Å². The minimum Gasteiger partial charge on any atom is -0.444 e. The van der Waals surface area contributed by atoms with Crippen LogP contribution in [-0.4, -0.2) is 39.7 Å². The van der Waals surface area contributed by atoms with Crippen LogP contribution in [0.3, 0.4) is 0 Å². The lowest BCUT2D eigenvalue weighted by Crippen LogP contribution is -2.42. The summed E-state index contributed by atoms with van der Waals surface area (Å²) in [7, 11) is 0. The van der Waals surface area contributed by atoms with Gasteiger partial charge in [-0.3, -0.25) is 0 Å². The molecule has 1 atom stereocenters. The van der Waals surface area contributed by atoms with Crippen molar-refractivity contribution in [3.63, 3.8) is 0 Å². The summed E-state index contributed by atoms with van der Waals surface area (Å²) in [5.41, 5.74) is 0.558. The Bertz CT molecular complexity index is 428. The van der Waals surface area contributed by atoms with Crippen LogP contribution in [0.25, 0.3) is 0 Å². The first-order valence-electron chi connectivity index (χ1n) is 6.69. The molecule has 1 amide bonds. The summed E-state index contributed by atoms with van der Waals surface area (Å²) in [5.74, 6) is 0.282. The zero-order valence-electron chi connectivity index (χ0n) is 11.8. The lowest BCUT2D eigenvalue weighted by Gasteiger charge is -2.33. The first kappa shape index (κ1) is 13.8. The smallest absolute Gasteiger partial charge is 0.410 e. The highest BCUT2D eigenvalue weighted by Crippen LogP contribution is 2.26. The fourth-order valence-corrected chi connectivity index (χ4v) is 2.25. The molecule has 0 radical (unpaired) electrons. The number of hydrogen-bond donors (Lipinski definition) is 0. The fourth-order valence-electron chi connectivity index (χ4n) is 2.25. The summed E-state index contributed by atoms with van der Waals surface area (Å²) < 4.78 is 5.42. The molecule has 0 aromatic carbocycles. The molecule has 2 rings (SSSR count). The van der Waals surface area contributed by atoms with Crippen molar-refractivity contribution in [1.82, 2.24) is 14.9 Å². The van der Waals surface area contributed by atoms with Gasteiger partial charge in [-0.1, -0.05) is 0 Å². The van der Waals surface area contributed by atoms with Crippen LogP contribution >= 0.6 is 0 Å². The largest absolute Gasteiger partial charge is 0.444 e. The molecule has 0 aliphatic carbocycles. The highest BCUT2D eigenvalue weighted by atomic mass is 16.6. The minimum atomic E-state index is -0.445. The number of carbonyl (C=O) groups is 1. The van der Waals surface area contributed by atoms with Gasteiger partial charge in [-0.05, 0) is 39.7 Å². The molecule has 0 saturated carbocycles. The summed E-state index contributed by atoms with van der Waals surface area (Å²) >= 11 is 0. The predicted octanol–water partition coefficient (Wildman–Crippen LogP) is 2.59. The third kappa shape index (κ3) is 3.91. The Morgan fingerprint density at radius 3 is 2.89 bits per heavy atom. The van der Waals surface area contributed by atoms with E-state index >= 15 is 0 Å². The minimum absolute atomic E-state index is 0.230. The fraction of sp³-hybridized carbons (Fsp3) is 0.643. The number of amides is 1. The molecular weight excluding hydrogens is 242 g/mol. The molecule has 1 aromatic rings. The van der Waals surface area contributed by atoms with Crippen molar-refractivity contribution in [2.75, 3.05) is 13.1 Å². The van der Waals surface area contributed by atoms with Crippen molar-refractivity contribution in [3.8, 4) is 0 Å². The molecule has 0 N–H and O–H groups in total. The van der Waals surface area contributed by atoms with E-state index in [-0.39, 0.29) is 12.0 Å². The summed E-state index contributed by atoms with van der Waals surface area (Å²) in [4.78, 5) is 22.0. The second-order valence-electron chi connectivity index (χ2n) is 5.90. The zero-order valence-corrected chi connectivity index (χ0v) is 11.8. The molecular formula is C14H21N3O2. The lowest BCUT2D eigenvalue weighted by molar-refractivity contribution is 0.0197. The van der Waals surface area contributed by atoms with Gasteiger partial charge in [0.15, 0.2) is 0 Å². The van der Waals surface area contributed by atoms with Gasteiger partial charge in [-0.2, -0.15) is 0 Å². The number of aromatic nitrogens is 2. The van der Waals surface area contributed by atoms with E-state index < -0.39 is 5.60 Å². The molecule has 5 nitrogen and oxygen atoms in total. The number of piperidine rings is 1. The van der Waals surface area contributed by atoms with E-state index in [1.807, 2.05) is 26.8 Å². The molecule has 0 unspecified atom stereocenters. The van der Waals surface area contributed by atoms with Gasteiger partial charge in [0, 0.05) is 30.9 Å². The van der Waals surface area contributed by atoms with Crippen molar-refractivity contribution in [2.45, 2.75) is 45.1 Å². The van der Waals surface area contributed by atoms with Crippen LogP contribution in [0.5, 0.6) is 0 Å². The van der Waals surface area contributed by atoms with Gasteiger partial charge in [-0.25, -0.2) is 14.8 Å². The Labute approximate surface area is 114 Å². The monoisotopic (exact) mass is 263 g/mol. The average Bonchev–Trinajstić information content (AvgIpc) is 2.38. The van der Waals surface area contributed by atoms with Crippen LogP contribution in [0.1, 0.15) is 45.2 Å². The summed E-state index contributed by atoms with van der Waals surface area (Å²) in [6.07, 6.45) is 5.10. The number of ether oxygens (including phenoxy) is 1. The summed E-state index contributed by atoms with van der Waals surface area (Å²) in [5, 5.41) is 0. The van der Waals surface area contributed by atoms with Crippen molar-refractivity contribution >= 4 is 6.09 Å². The maximum Gasteiger partial charge on any atom is 0.410 e. The molecule has 1 aliphatic rings. The van der Waals surface area contributed by atoms with Gasteiger partial charge < -0.3 is 9.64 Å². The van der Waals surface area contributed by atoms with Crippen molar-refractivity contribution in [2.24, 2.45) is 0 Å². The summed E-state index contributed by atoms with van der Waals surface area (Å²) in [6.45, 7) is 7.09. The molecule has 0 bridgehead atoms. The number of carbonyl (C=O) groups excluding carboxylic acids is 1. The first-order valence-corrected chi connectivity index (χ1v) is 6.69. The van der Waals surface area contributed by atoms with E-state index in [1.165, 1.54) is 0 Å². The highest BCUT2D eigenvalue weighted by molar-refractivity contribution is 5.68. The van der Waals surface area contributed by atoms with Crippen LogP contribution in [-0.2, 0) is 4.74 Å². The SMILES string of the molecule is CC(C)(C)OC(=O)N1CCC[C@H](c2ccncn2)C1.